The molecule has 6 heteroatoms. The van der Waals surface area contributed by atoms with Crippen molar-refractivity contribution in [2.24, 2.45) is 0 Å². The van der Waals surface area contributed by atoms with Crippen molar-refractivity contribution in [3.8, 4) is 23.6 Å². The molecule has 6 nitrogen and oxygen atoms in total. The molecule has 0 spiro atoms. The van der Waals surface area contributed by atoms with Crippen LogP contribution < -0.4 is 5.32 Å². The number of rotatable bonds is 3. The van der Waals surface area contributed by atoms with Gasteiger partial charge in [0.05, 0.1) is 0 Å². The highest BCUT2D eigenvalue weighted by molar-refractivity contribution is 5.73. The topological polar surface area (TPSA) is 98.5 Å². The van der Waals surface area contributed by atoms with Crippen molar-refractivity contribution in [1.29, 1.82) is 10.5 Å². The number of nitrogens with one attached hydrogen (secondary N) is 1. The fraction of sp³-hybridized carbons (Fsp3) is 0. The Morgan fingerprint density at radius 2 is 2.05 bits per heavy atom. The van der Waals surface area contributed by atoms with E-state index in [2.05, 4.69) is 15.3 Å². The van der Waals surface area contributed by atoms with Crippen LogP contribution in [0.15, 0.2) is 58.8 Å². The van der Waals surface area contributed by atoms with Crippen molar-refractivity contribution >= 4 is 16.9 Å². The van der Waals surface area contributed by atoms with Crippen molar-refractivity contribution in [2.45, 2.75) is 0 Å². The maximum absolute atomic E-state index is 8.70. The molecular formula is C16H9N5O. The van der Waals surface area contributed by atoms with E-state index < -0.39 is 0 Å². The molecular weight excluding hydrogens is 278 g/mol. The van der Waals surface area contributed by atoms with Gasteiger partial charge in [-0.05, 0) is 30.3 Å². The second-order valence-electron chi connectivity index (χ2n) is 4.35. The fourth-order valence-electron chi connectivity index (χ4n) is 1.88. The molecule has 0 aliphatic heterocycles. The van der Waals surface area contributed by atoms with Crippen molar-refractivity contribution in [3.63, 3.8) is 0 Å². The second-order valence-corrected chi connectivity index (χ2v) is 4.35. The van der Waals surface area contributed by atoms with Crippen LogP contribution in [0, 0.1) is 22.7 Å². The first-order valence-electron chi connectivity index (χ1n) is 6.39. The molecule has 2 aromatic heterocycles. The van der Waals surface area contributed by atoms with Gasteiger partial charge >= 0.3 is 0 Å². The van der Waals surface area contributed by atoms with Crippen LogP contribution in [0.2, 0.25) is 0 Å². The summed E-state index contributed by atoms with van der Waals surface area (Å²) in [6, 6.07) is 14.5. The Balaban J connectivity index is 1.93. The smallest absolute Gasteiger partial charge is 0.228 e. The lowest BCUT2D eigenvalue weighted by molar-refractivity contribution is 0.619. The molecule has 3 rings (SSSR count). The monoisotopic (exact) mass is 287 g/mol. The van der Waals surface area contributed by atoms with Gasteiger partial charge in [-0.3, -0.25) is 0 Å². The Hall–Kier alpha value is -3.64. The Morgan fingerprint density at radius 1 is 1.18 bits per heavy atom. The van der Waals surface area contributed by atoms with E-state index in [-0.39, 0.29) is 5.57 Å². The summed E-state index contributed by atoms with van der Waals surface area (Å²) in [4.78, 5) is 8.46. The molecule has 0 amide bonds. The first-order valence-corrected chi connectivity index (χ1v) is 6.39. The first-order chi connectivity index (χ1) is 10.8. The minimum Gasteiger partial charge on any atom is -0.434 e. The van der Waals surface area contributed by atoms with Crippen LogP contribution in [0.3, 0.4) is 0 Å². The van der Waals surface area contributed by atoms with Gasteiger partial charge in [0.1, 0.15) is 17.7 Å². The lowest BCUT2D eigenvalue weighted by Crippen LogP contribution is -1.90. The maximum Gasteiger partial charge on any atom is 0.228 e. The number of benzene rings is 1. The highest BCUT2D eigenvalue weighted by Gasteiger charge is 2.08. The van der Waals surface area contributed by atoms with E-state index in [4.69, 9.17) is 14.9 Å². The van der Waals surface area contributed by atoms with E-state index in [0.29, 0.717) is 17.1 Å². The van der Waals surface area contributed by atoms with E-state index in [0.717, 1.165) is 11.3 Å². The van der Waals surface area contributed by atoms with E-state index in [1.807, 2.05) is 24.3 Å². The Kier molecular flexibility index (Phi) is 3.51. The fourth-order valence-corrected chi connectivity index (χ4v) is 1.88. The largest absolute Gasteiger partial charge is 0.434 e. The molecule has 0 radical (unpaired) electrons. The summed E-state index contributed by atoms with van der Waals surface area (Å²) in [5.74, 6) is 0.460. The Bertz CT molecular complexity index is 894. The quantitative estimate of drug-likeness (QED) is 0.742. The Labute approximate surface area is 126 Å². The van der Waals surface area contributed by atoms with Gasteiger partial charge in [-0.25, -0.2) is 4.98 Å². The normalized spacial score (nSPS) is 9.73. The van der Waals surface area contributed by atoms with E-state index in [1.165, 1.54) is 6.20 Å². The Morgan fingerprint density at radius 3 is 2.82 bits per heavy atom. The molecule has 22 heavy (non-hydrogen) atoms. The predicted molar refractivity (Wildman–Crippen MR) is 80.2 cm³/mol. The summed E-state index contributed by atoms with van der Waals surface area (Å²) in [6.45, 7) is 0. The molecule has 104 valence electrons. The summed E-state index contributed by atoms with van der Waals surface area (Å²) in [5, 5.41) is 20.3. The molecule has 0 atom stereocenters. The molecule has 0 saturated carbocycles. The van der Waals surface area contributed by atoms with Gasteiger partial charge in [0, 0.05) is 23.6 Å². The number of oxazole rings is 1. The number of nitrogens with zero attached hydrogens (tertiary/aromatic N) is 4. The van der Waals surface area contributed by atoms with Gasteiger partial charge in [0.25, 0.3) is 0 Å². The molecule has 1 aromatic carbocycles. The van der Waals surface area contributed by atoms with Gasteiger partial charge in [-0.2, -0.15) is 15.5 Å². The summed E-state index contributed by atoms with van der Waals surface area (Å²) in [5.41, 5.74) is 2.65. The van der Waals surface area contributed by atoms with E-state index in [9.17, 15) is 0 Å². The third-order valence-corrected chi connectivity index (χ3v) is 2.90. The highest BCUT2D eigenvalue weighted by Crippen LogP contribution is 2.25. The summed E-state index contributed by atoms with van der Waals surface area (Å²) >= 11 is 0. The maximum atomic E-state index is 8.70. The summed E-state index contributed by atoms with van der Waals surface area (Å²) in [7, 11) is 0. The molecule has 2 heterocycles. The van der Waals surface area contributed by atoms with Gasteiger partial charge in [0.2, 0.25) is 5.89 Å². The number of fused-ring (bicyclic) bond motifs is 1. The SMILES string of the molecule is N#CC(C#N)=CNc1cccc(-c2nc3ncccc3o2)c1. The molecule has 1 N–H and O–H groups in total. The van der Waals surface area contributed by atoms with Crippen LogP contribution in [0.5, 0.6) is 0 Å². The van der Waals surface area contributed by atoms with Crippen molar-refractivity contribution in [2.75, 3.05) is 5.32 Å². The summed E-state index contributed by atoms with van der Waals surface area (Å²) in [6.07, 6.45) is 3.01. The molecule has 0 fully saturated rings. The van der Waals surface area contributed by atoms with Crippen molar-refractivity contribution in [3.05, 3.63) is 54.4 Å². The van der Waals surface area contributed by atoms with Crippen molar-refractivity contribution < 1.29 is 4.42 Å². The van der Waals surface area contributed by atoms with E-state index >= 15 is 0 Å². The molecule has 0 aliphatic rings. The zero-order chi connectivity index (χ0) is 15.4. The molecule has 0 bridgehead atoms. The first kappa shape index (κ1) is 13.3. The predicted octanol–water partition coefficient (Wildman–Crippen LogP) is 3.23. The molecule has 3 aromatic rings. The van der Waals surface area contributed by atoms with Gasteiger partial charge in [-0.15, -0.1) is 0 Å². The van der Waals surface area contributed by atoms with Crippen LogP contribution in [-0.4, -0.2) is 9.97 Å². The zero-order valence-electron chi connectivity index (χ0n) is 11.3. The molecule has 0 aliphatic carbocycles. The molecule has 0 unspecified atom stereocenters. The lowest BCUT2D eigenvalue weighted by Gasteiger charge is -2.02. The van der Waals surface area contributed by atoms with Crippen molar-refractivity contribution in [1.82, 2.24) is 9.97 Å². The zero-order valence-corrected chi connectivity index (χ0v) is 11.3. The number of allylic oxidation sites excluding steroid dienone is 1. The van der Waals surface area contributed by atoms with Gasteiger partial charge < -0.3 is 9.73 Å². The van der Waals surface area contributed by atoms with Gasteiger partial charge in [-0.1, -0.05) is 6.07 Å². The molecule has 0 saturated heterocycles. The van der Waals surface area contributed by atoms with Crippen LogP contribution in [0.4, 0.5) is 5.69 Å². The number of nitriles is 2. The van der Waals surface area contributed by atoms with Crippen LogP contribution >= 0.6 is 0 Å². The van der Waals surface area contributed by atoms with Crippen LogP contribution in [0.25, 0.3) is 22.7 Å². The second kappa shape index (κ2) is 5.78. The average Bonchev–Trinajstić information content (AvgIpc) is 3.00. The number of anilines is 1. The number of hydrogen-bond acceptors (Lipinski definition) is 6. The number of hydrogen-bond donors (Lipinski definition) is 1. The lowest BCUT2D eigenvalue weighted by atomic mass is 10.2. The average molecular weight is 287 g/mol. The van der Waals surface area contributed by atoms with E-state index in [1.54, 1.807) is 30.5 Å². The third-order valence-electron chi connectivity index (χ3n) is 2.90. The number of aromatic nitrogens is 2. The van der Waals surface area contributed by atoms with Gasteiger partial charge in [0.15, 0.2) is 11.2 Å². The summed E-state index contributed by atoms with van der Waals surface area (Å²) < 4.78 is 5.66. The minimum absolute atomic E-state index is 0.00327. The standard InChI is InChI=1S/C16H9N5O/c17-8-11(9-18)10-20-13-4-1-3-12(7-13)16-21-15-14(22-16)5-2-6-19-15/h1-7,10,20H. The third kappa shape index (κ3) is 2.62. The van der Waals surface area contributed by atoms with Crippen LogP contribution in [0.1, 0.15) is 0 Å². The highest BCUT2D eigenvalue weighted by atomic mass is 16.3. The van der Waals surface area contributed by atoms with Crippen LogP contribution in [-0.2, 0) is 0 Å². The number of pyridine rings is 1. The minimum atomic E-state index is -0.00327.